The first-order chi connectivity index (χ1) is 12.6. The molecule has 0 unspecified atom stereocenters. The van der Waals surface area contributed by atoms with E-state index in [1.165, 1.54) is 12.1 Å². The van der Waals surface area contributed by atoms with Gasteiger partial charge in [0.15, 0.2) is 5.58 Å². The zero-order valence-corrected chi connectivity index (χ0v) is 15.4. The monoisotopic (exact) mass is 363 g/mol. The number of likely N-dealkylation sites (tertiary alicyclic amines) is 1. The minimum Gasteiger partial charge on any atom is -0.448 e. The van der Waals surface area contributed by atoms with Gasteiger partial charge in [-0.25, -0.2) is 9.18 Å². The molecule has 0 radical (unpaired) electrons. The number of hydrogen-bond donors (Lipinski definition) is 0. The lowest BCUT2D eigenvalue weighted by Crippen LogP contribution is -2.37. The highest BCUT2D eigenvalue weighted by Crippen LogP contribution is 2.32. The molecule has 1 aliphatic heterocycles. The van der Waals surface area contributed by atoms with Gasteiger partial charge < -0.3 is 14.2 Å². The van der Waals surface area contributed by atoms with Gasteiger partial charge in [0.1, 0.15) is 12.4 Å². The topological polar surface area (TPSA) is 58.8 Å². The van der Waals surface area contributed by atoms with Crippen molar-refractivity contribution < 1.29 is 18.4 Å². The summed E-state index contributed by atoms with van der Waals surface area (Å²) in [6, 6.07) is 4.57. The van der Waals surface area contributed by atoms with Gasteiger partial charge in [0.25, 0.3) is 0 Å². The fourth-order valence-electron chi connectivity index (χ4n) is 3.49. The molecular formula is C19H26FN3O3. The number of halogens is 1. The van der Waals surface area contributed by atoms with Crippen LogP contribution in [0, 0.1) is 5.82 Å². The Morgan fingerprint density at radius 1 is 1.35 bits per heavy atom. The Kier molecular flexibility index (Phi) is 6.08. The van der Waals surface area contributed by atoms with E-state index in [4.69, 9.17) is 9.26 Å². The molecule has 1 aromatic carbocycles. The van der Waals surface area contributed by atoms with Crippen molar-refractivity contribution in [3.63, 3.8) is 0 Å². The van der Waals surface area contributed by atoms with Crippen LogP contribution >= 0.6 is 0 Å². The van der Waals surface area contributed by atoms with Crippen LogP contribution in [0.15, 0.2) is 22.7 Å². The number of piperidine rings is 1. The maximum atomic E-state index is 13.3. The first-order valence-electron chi connectivity index (χ1n) is 9.31. The van der Waals surface area contributed by atoms with E-state index >= 15 is 0 Å². The number of nitrogens with zero attached hydrogens (tertiary/aromatic N) is 3. The molecule has 7 heteroatoms. The van der Waals surface area contributed by atoms with Gasteiger partial charge in [-0.1, -0.05) is 5.16 Å². The summed E-state index contributed by atoms with van der Waals surface area (Å²) in [5, 5.41) is 5.07. The molecule has 2 aromatic rings. The standard InChI is InChI=1S/C19H26FN3O3/c1-3-23(4-2)19(24)25-12-11-22-9-7-14(8-10-22)18-16-6-5-15(20)13-17(16)26-21-18/h5-6,13-14H,3-4,7-12H2,1-2H3. The third-order valence-electron chi connectivity index (χ3n) is 5.09. The summed E-state index contributed by atoms with van der Waals surface area (Å²) in [6.07, 6.45) is 1.68. The van der Waals surface area contributed by atoms with Crippen molar-refractivity contribution in [1.29, 1.82) is 0 Å². The third kappa shape index (κ3) is 4.15. The maximum absolute atomic E-state index is 13.3. The van der Waals surface area contributed by atoms with E-state index in [0.29, 0.717) is 31.2 Å². The smallest absolute Gasteiger partial charge is 0.409 e. The number of amides is 1. The SMILES string of the molecule is CCN(CC)C(=O)OCCN1CCC(c2noc3cc(F)ccc23)CC1. The highest BCUT2D eigenvalue weighted by molar-refractivity contribution is 5.79. The normalized spacial score (nSPS) is 16.1. The van der Waals surface area contributed by atoms with E-state index in [1.807, 2.05) is 13.8 Å². The second kappa shape index (κ2) is 8.49. The van der Waals surface area contributed by atoms with Crippen LogP contribution in [0.1, 0.15) is 38.3 Å². The third-order valence-corrected chi connectivity index (χ3v) is 5.09. The van der Waals surface area contributed by atoms with Crippen molar-refractivity contribution >= 4 is 17.1 Å². The van der Waals surface area contributed by atoms with Crippen molar-refractivity contribution in [1.82, 2.24) is 15.0 Å². The lowest BCUT2D eigenvalue weighted by atomic mass is 9.91. The molecule has 1 aromatic heterocycles. The Bertz CT molecular complexity index is 737. The Hall–Kier alpha value is -2.15. The minimum atomic E-state index is -0.311. The van der Waals surface area contributed by atoms with E-state index in [-0.39, 0.29) is 11.9 Å². The molecule has 2 heterocycles. The van der Waals surface area contributed by atoms with Crippen molar-refractivity contribution in [2.45, 2.75) is 32.6 Å². The van der Waals surface area contributed by atoms with Crippen LogP contribution in [-0.4, -0.2) is 60.4 Å². The van der Waals surface area contributed by atoms with Gasteiger partial charge in [-0.2, -0.15) is 0 Å². The van der Waals surface area contributed by atoms with Crippen molar-refractivity contribution in [2.75, 3.05) is 39.3 Å². The summed E-state index contributed by atoms with van der Waals surface area (Å²) in [7, 11) is 0. The van der Waals surface area contributed by atoms with E-state index in [9.17, 15) is 9.18 Å². The average molecular weight is 363 g/mol. The average Bonchev–Trinajstić information content (AvgIpc) is 3.06. The predicted octanol–water partition coefficient (Wildman–Crippen LogP) is 3.62. The number of benzene rings is 1. The number of rotatable bonds is 6. The van der Waals surface area contributed by atoms with Crippen molar-refractivity contribution in [3.8, 4) is 0 Å². The highest BCUT2D eigenvalue weighted by atomic mass is 19.1. The van der Waals surface area contributed by atoms with E-state index < -0.39 is 0 Å². The summed E-state index contributed by atoms with van der Waals surface area (Å²) in [5.74, 6) is 0.00506. The van der Waals surface area contributed by atoms with Gasteiger partial charge in [0.2, 0.25) is 0 Å². The summed E-state index contributed by atoms with van der Waals surface area (Å²) in [6.45, 7) is 8.20. The van der Waals surface area contributed by atoms with Crippen LogP contribution in [0.4, 0.5) is 9.18 Å². The fourth-order valence-corrected chi connectivity index (χ4v) is 3.49. The molecular weight excluding hydrogens is 337 g/mol. The second-order valence-corrected chi connectivity index (χ2v) is 6.61. The molecule has 1 saturated heterocycles. The molecule has 0 atom stereocenters. The second-order valence-electron chi connectivity index (χ2n) is 6.61. The summed E-state index contributed by atoms with van der Waals surface area (Å²) in [4.78, 5) is 15.8. The van der Waals surface area contributed by atoms with Gasteiger partial charge in [-0.3, -0.25) is 4.90 Å². The Morgan fingerprint density at radius 3 is 2.77 bits per heavy atom. The van der Waals surface area contributed by atoms with Crippen molar-refractivity contribution in [2.24, 2.45) is 0 Å². The van der Waals surface area contributed by atoms with E-state index in [0.717, 1.165) is 43.6 Å². The number of hydrogen-bond acceptors (Lipinski definition) is 5. The zero-order valence-electron chi connectivity index (χ0n) is 15.4. The molecule has 1 fully saturated rings. The van der Waals surface area contributed by atoms with Gasteiger partial charge in [0.05, 0.1) is 5.69 Å². The van der Waals surface area contributed by atoms with Crippen LogP contribution in [0.2, 0.25) is 0 Å². The fraction of sp³-hybridized carbons (Fsp3) is 0.579. The van der Waals surface area contributed by atoms with Crippen LogP contribution in [0.25, 0.3) is 11.0 Å². The van der Waals surface area contributed by atoms with Crippen LogP contribution in [0.3, 0.4) is 0 Å². The molecule has 142 valence electrons. The number of carbonyl (C=O) groups excluding carboxylic acids is 1. The molecule has 1 amide bonds. The van der Waals surface area contributed by atoms with Gasteiger partial charge in [-0.15, -0.1) is 0 Å². The van der Waals surface area contributed by atoms with Crippen molar-refractivity contribution in [3.05, 3.63) is 29.7 Å². The van der Waals surface area contributed by atoms with Gasteiger partial charge >= 0.3 is 6.09 Å². The van der Waals surface area contributed by atoms with Crippen LogP contribution in [-0.2, 0) is 4.74 Å². The number of fused-ring (bicyclic) bond motifs is 1. The molecule has 0 N–H and O–H groups in total. The lowest BCUT2D eigenvalue weighted by Gasteiger charge is -2.31. The molecule has 0 spiro atoms. The minimum absolute atomic E-state index is 0.244. The summed E-state index contributed by atoms with van der Waals surface area (Å²) < 4.78 is 23.9. The number of aromatic nitrogens is 1. The largest absolute Gasteiger partial charge is 0.448 e. The van der Waals surface area contributed by atoms with Crippen LogP contribution < -0.4 is 0 Å². The number of ether oxygens (including phenoxy) is 1. The Balaban J connectivity index is 1.47. The maximum Gasteiger partial charge on any atom is 0.409 e. The predicted molar refractivity (Wildman–Crippen MR) is 96.7 cm³/mol. The Labute approximate surface area is 152 Å². The first-order valence-corrected chi connectivity index (χ1v) is 9.31. The molecule has 0 saturated carbocycles. The lowest BCUT2D eigenvalue weighted by molar-refractivity contribution is 0.0883. The quantitative estimate of drug-likeness (QED) is 0.784. The van der Waals surface area contributed by atoms with E-state index in [2.05, 4.69) is 10.1 Å². The Morgan fingerprint density at radius 2 is 2.08 bits per heavy atom. The first kappa shape index (κ1) is 18.6. The highest BCUT2D eigenvalue weighted by Gasteiger charge is 2.25. The summed E-state index contributed by atoms with van der Waals surface area (Å²) >= 11 is 0. The van der Waals surface area contributed by atoms with E-state index in [1.54, 1.807) is 11.0 Å². The molecule has 0 aliphatic carbocycles. The summed E-state index contributed by atoms with van der Waals surface area (Å²) in [5.41, 5.74) is 1.43. The molecule has 1 aliphatic rings. The van der Waals surface area contributed by atoms with Crippen LogP contribution in [0.5, 0.6) is 0 Å². The molecule has 0 bridgehead atoms. The zero-order chi connectivity index (χ0) is 18.5. The molecule has 26 heavy (non-hydrogen) atoms. The molecule has 3 rings (SSSR count). The van der Waals surface area contributed by atoms with Gasteiger partial charge in [0, 0.05) is 37.0 Å². The molecule has 6 nitrogen and oxygen atoms in total. The van der Waals surface area contributed by atoms with Gasteiger partial charge in [-0.05, 0) is 51.9 Å². The number of carbonyl (C=O) groups is 1.